The first-order valence-electron chi connectivity index (χ1n) is 8.48. The second-order valence-corrected chi connectivity index (χ2v) is 5.88. The number of hydrogen-bond acceptors (Lipinski definition) is 6. The molecule has 1 aliphatic rings. The molecule has 0 saturated heterocycles. The summed E-state index contributed by atoms with van der Waals surface area (Å²) in [5.41, 5.74) is -0.410. The molecule has 0 saturated carbocycles. The molecule has 0 heterocycles. The van der Waals surface area contributed by atoms with Gasteiger partial charge < -0.3 is 9.47 Å². The van der Waals surface area contributed by atoms with Gasteiger partial charge in [0.25, 0.3) is 0 Å². The molecule has 0 spiro atoms. The second kappa shape index (κ2) is 8.31. The lowest BCUT2D eigenvalue weighted by atomic mass is 9.72. The lowest BCUT2D eigenvalue weighted by molar-refractivity contribution is -0.145. The highest BCUT2D eigenvalue weighted by Crippen LogP contribution is 2.53. The molecule has 0 fully saturated rings. The van der Waals surface area contributed by atoms with Crippen molar-refractivity contribution in [2.45, 2.75) is 26.7 Å². The minimum Gasteiger partial charge on any atom is -0.466 e. The van der Waals surface area contributed by atoms with E-state index in [1.165, 1.54) is 0 Å². The van der Waals surface area contributed by atoms with Gasteiger partial charge in [-0.05, 0) is 25.8 Å². The number of carbonyl (C=O) groups is 2. The number of nitrogens with zero attached hydrogens (tertiary/aromatic N) is 2. The van der Waals surface area contributed by atoms with E-state index in [0.717, 1.165) is 0 Å². The molecule has 0 aliphatic heterocycles. The monoisotopic (exact) mass is 352 g/mol. The molecule has 0 N–H and O–H groups in total. The summed E-state index contributed by atoms with van der Waals surface area (Å²) in [6.07, 6.45) is -0.00278. The molecule has 0 amide bonds. The van der Waals surface area contributed by atoms with Crippen LogP contribution in [0.4, 0.5) is 0 Å². The third-order valence-corrected chi connectivity index (χ3v) is 4.41. The third-order valence-electron chi connectivity index (χ3n) is 4.41. The van der Waals surface area contributed by atoms with E-state index >= 15 is 0 Å². The van der Waals surface area contributed by atoms with E-state index in [1.54, 1.807) is 44.2 Å². The highest BCUT2D eigenvalue weighted by Gasteiger charge is 2.52. The first-order chi connectivity index (χ1) is 12.5. The Hall–Kier alpha value is -3.12. The topological polar surface area (TPSA) is 100 Å². The van der Waals surface area contributed by atoms with Gasteiger partial charge in [0.2, 0.25) is 0 Å². The van der Waals surface area contributed by atoms with E-state index in [-0.39, 0.29) is 31.6 Å². The van der Waals surface area contributed by atoms with Crippen molar-refractivity contribution in [2.24, 2.45) is 11.3 Å². The Kier molecular flexibility index (Phi) is 6.14. The maximum Gasteiger partial charge on any atom is 0.334 e. The van der Waals surface area contributed by atoms with Gasteiger partial charge >= 0.3 is 11.9 Å². The highest BCUT2D eigenvalue weighted by molar-refractivity contribution is 6.02. The summed E-state index contributed by atoms with van der Waals surface area (Å²) in [5, 5.41) is 19.8. The molecular weight excluding hydrogens is 332 g/mol. The van der Waals surface area contributed by atoms with Crippen molar-refractivity contribution in [3.8, 4) is 12.1 Å². The zero-order valence-electron chi connectivity index (χ0n) is 14.8. The predicted molar refractivity (Wildman–Crippen MR) is 93.0 cm³/mol. The average molecular weight is 352 g/mol. The summed E-state index contributed by atoms with van der Waals surface area (Å²) >= 11 is 0. The molecule has 1 atom stereocenters. The van der Waals surface area contributed by atoms with Crippen LogP contribution in [0.2, 0.25) is 0 Å². The maximum atomic E-state index is 12.5. The van der Waals surface area contributed by atoms with Crippen LogP contribution < -0.4 is 0 Å². The first-order valence-corrected chi connectivity index (χ1v) is 8.48. The van der Waals surface area contributed by atoms with E-state index in [2.05, 4.69) is 12.1 Å². The molecular formula is C20H20N2O4. The minimum atomic E-state index is -1.61. The Morgan fingerprint density at radius 1 is 1.12 bits per heavy atom. The van der Waals surface area contributed by atoms with Crippen molar-refractivity contribution >= 4 is 17.5 Å². The van der Waals surface area contributed by atoms with Crippen molar-refractivity contribution in [2.75, 3.05) is 13.2 Å². The van der Waals surface area contributed by atoms with Crippen LogP contribution in [0.15, 0.2) is 35.9 Å². The van der Waals surface area contributed by atoms with Crippen molar-refractivity contribution < 1.29 is 19.1 Å². The number of nitriles is 2. The SMILES string of the molecule is CCOC(=O)CC1CC(C(=O)OCC)=C(c2ccccc2)C1(C#N)C#N. The summed E-state index contributed by atoms with van der Waals surface area (Å²) in [5.74, 6) is -1.73. The molecule has 0 bridgehead atoms. The fourth-order valence-corrected chi connectivity index (χ4v) is 3.32. The van der Waals surface area contributed by atoms with Gasteiger partial charge in [-0.15, -0.1) is 0 Å². The van der Waals surface area contributed by atoms with Crippen molar-refractivity contribution in [1.29, 1.82) is 10.5 Å². The first kappa shape index (κ1) is 19.2. The molecule has 6 heteroatoms. The minimum absolute atomic E-state index is 0.114. The van der Waals surface area contributed by atoms with Gasteiger partial charge in [0.05, 0.1) is 31.8 Å². The number of allylic oxidation sites excluding steroid dienone is 1. The number of esters is 2. The predicted octanol–water partition coefficient (Wildman–Crippen LogP) is 3.01. The molecule has 1 aromatic carbocycles. The fourth-order valence-electron chi connectivity index (χ4n) is 3.32. The normalized spacial score (nSPS) is 17.9. The summed E-state index contributed by atoms with van der Waals surface area (Å²) in [7, 11) is 0. The van der Waals surface area contributed by atoms with Crippen LogP contribution in [0.3, 0.4) is 0 Å². The van der Waals surface area contributed by atoms with Crippen molar-refractivity contribution in [3.05, 3.63) is 41.5 Å². The van der Waals surface area contributed by atoms with Crippen LogP contribution in [0.1, 0.15) is 32.3 Å². The average Bonchev–Trinajstić information content (AvgIpc) is 2.97. The summed E-state index contributed by atoms with van der Waals surface area (Å²) in [6.45, 7) is 3.76. The lowest BCUT2D eigenvalue weighted by Gasteiger charge is -2.24. The van der Waals surface area contributed by atoms with E-state index in [4.69, 9.17) is 9.47 Å². The van der Waals surface area contributed by atoms with Gasteiger partial charge in [-0.25, -0.2) is 4.79 Å². The third kappa shape index (κ3) is 3.45. The van der Waals surface area contributed by atoms with Crippen LogP contribution in [0.5, 0.6) is 0 Å². The molecule has 2 rings (SSSR count). The molecule has 6 nitrogen and oxygen atoms in total. The van der Waals surface area contributed by atoms with E-state index < -0.39 is 23.3 Å². The van der Waals surface area contributed by atoms with E-state index in [0.29, 0.717) is 11.1 Å². The van der Waals surface area contributed by atoms with Gasteiger partial charge in [-0.2, -0.15) is 10.5 Å². The summed E-state index contributed by atoms with van der Waals surface area (Å²) in [4.78, 5) is 24.5. The number of ether oxygens (including phenoxy) is 2. The lowest BCUT2D eigenvalue weighted by Crippen LogP contribution is -2.27. The van der Waals surface area contributed by atoms with Crippen LogP contribution in [0.25, 0.3) is 5.57 Å². The van der Waals surface area contributed by atoms with E-state index in [1.807, 2.05) is 0 Å². The van der Waals surface area contributed by atoms with Crippen LogP contribution >= 0.6 is 0 Å². The molecule has 1 unspecified atom stereocenters. The number of rotatable bonds is 6. The quantitative estimate of drug-likeness (QED) is 0.730. The number of carbonyl (C=O) groups excluding carboxylic acids is 2. The Balaban J connectivity index is 2.59. The maximum absolute atomic E-state index is 12.5. The van der Waals surface area contributed by atoms with Gasteiger partial charge in [-0.1, -0.05) is 30.3 Å². The molecule has 0 aromatic heterocycles. The molecule has 26 heavy (non-hydrogen) atoms. The summed E-state index contributed by atoms with van der Waals surface area (Å²) < 4.78 is 10.1. The van der Waals surface area contributed by atoms with Gasteiger partial charge in [0, 0.05) is 17.1 Å². The Morgan fingerprint density at radius 3 is 2.27 bits per heavy atom. The molecule has 1 aromatic rings. The van der Waals surface area contributed by atoms with Gasteiger partial charge in [-0.3, -0.25) is 4.79 Å². The van der Waals surface area contributed by atoms with Gasteiger partial charge in [0.15, 0.2) is 5.41 Å². The molecule has 134 valence electrons. The zero-order valence-corrected chi connectivity index (χ0v) is 14.8. The summed E-state index contributed by atoms with van der Waals surface area (Å²) in [6, 6.07) is 13.0. The largest absolute Gasteiger partial charge is 0.466 e. The Morgan fingerprint density at radius 2 is 1.73 bits per heavy atom. The number of benzene rings is 1. The van der Waals surface area contributed by atoms with E-state index in [9.17, 15) is 20.1 Å². The number of hydrogen-bond donors (Lipinski definition) is 0. The fraction of sp³-hybridized carbons (Fsp3) is 0.400. The van der Waals surface area contributed by atoms with Crippen LogP contribution in [-0.2, 0) is 19.1 Å². The van der Waals surface area contributed by atoms with Crippen LogP contribution in [0, 0.1) is 34.0 Å². The van der Waals surface area contributed by atoms with Gasteiger partial charge in [0.1, 0.15) is 0 Å². The highest BCUT2D eigenvalue weighted by atomic mass is 16.5. The zero-order chi connectivity index (χ0) is 19.2. The Labute approximate surface area is 152 Å². The van der Waals surface area contributed by atoms with Crippen molar-refractivity contribution in [1.82, 2.24) is 0 Å². The smallest absolute Gasteiger partial charge is 0.334 e. The standard InChI is InChI=1S/C20H20N2O4/c1-3-25-17(23)11-15-10-16(19(24)26-4-2)18(20(15,12-21)13-22)14-8-6-5-7-9-14/h5-9,15H,3-4,10-11H2,1-2H3. The Bertz CT molecular complexity index is 785. The molecule has 0 radical (unpaired) electrons. The van der Waals surface area contributed by atoms with Crippen molar-refractivity contribution in [3.63, 3.8) is 0 Å². The second-order valence-electron chi connectivity index (χ2n) is 5.88. The molecule has 1 aliphatic carbocycles. The van der Waals surface area contributed by atoms with Crippen LogP contribution in [-0.4, -0.2) is 25.2 Å².